The van der Waals surface area contributed by atoms with Crippen LogP contribution in [-0.4, -0.2) is 34.9 Å². The molecule has 5 nitrogen and oxygen atoms in total. The van der Waals surface area contributed by atoms with Crippen LogP contribution in [0.3, 0.4) is 0 Å². The van der Waals surface area contributed by atoms with Gasteiger partial charge in [-0.05, 0) is 31.4 Å². The number of hydrogen-bond donors (Lipinski definition) is 2. The van der Waals surface area contributed by atoms with Crippen molar-refractivity contribution < 1.29 is 14.6 Å². The number of nitrogens with one attached hydrogen (secondary N) is 1. The highest BCUT2D eigenvalue weighted by atomic mass is 16.5. The number of ether oxygens (including phenoxy) is 1. The molecule has 1 unspecified atom stereocenters. The van der Waals surface area contributed by atoms with Gasteiger partial charge in [-0.2, -0.15) is 0 Å². The molecular weight excluding hydrogens is 280 g/mol. The molecule has 1 saturated heterocycles. The highest BCUT2D eigenvalue weighted by Crippen LogP contribution is 2.26. The topological polar surface area (TPSA) is 63.5 Å². The third kappa shape index (κ3) is 2.74. The fourth-order valence-corrected chi connectivity index (χ4v) is 3.24. The lowest BCUT2D eigenvalue weighted by molar-refractivity contribution is 0.0685. The summed E-state index contributed by atoms with van der Waals surface area (Å²) in [6, 6.07) is 6.07. The molecular formula is C17H22N2O3. The van der Waals surface area contributed by atoms with Crippen molar-refractivity contribution in [2.45, 2.75) is 32.4 Å². The first kappa shape index (κ1) is 15.1. The van der Waals surface area contributed by atoms with Crippen molar-refractivity contribution in [1.29, 1.82) is 0 Å². The number of nitrogens with zero attached hydrogens (tertiary/aromatic N) is 1. The molecule has 22 heavy (non-hydrogen) atoms. The van der Waals surface area contributed by atoms with Gasteiger partial charge >= 0.3 is 5.97 Å². The monoisotopic (exact) mass is 302 g/mol. The van der Waals surface area contributed by atoms with Gasteiger partial charge in [0.25, 0.3) is 0 Å². The van der Waals surface area contributed by atoms with Crippen LogP contribution in [0.25, 0.3) is 10.9 Å². The van der Waals surface area contributed by atoms with Gasteiger partial charge in [0.1, 0.15) is 5.69 Å². The van der Waals surface area contributed by atoms with Gasteiger partial charge in [0.15, 0.2) is 0 Å². The summed E-state index contributed by atoms with van der Waals surface area (Å²) in [4.78, 5) is 11.6. The molecule has 0 amide bonds. The third-order valence-electron chi connectivity index (χ3n) is 4.36. The molecule has 118 valence electrons. The summed E-state index contributed by atoms with van der Waals surface area (Å²) in [5.74, 6) is -0.884. The summed E-state index contributed by atoms with van der Waals surface area (Å²) in [5.41, 5.74) is 3.30. The number of carboxylic acid groups (broad SMARTS) is 1. The van der Waals surface area contributed by atoms with E-state index in [-0.39, 0.29) is 6.10 Å². The predicted molar refractivity (Wildman–Crippen MR) is 85.3 cm³/mol. The van der Waals surface area contributed by atoms with Crippen LogP contribution in [0.15, 0.2) is 18.2 Å². The van der Waals surface area contributed by atoms with Gasteiger partial charge in [-0.3, -0.25) is 0 Å². The van der Waals surface area contributed by atoms with Gasteiger partial charge in [0, 0.05) is 43.2 Å². The third-order valence-corrected chi connectivity index (χ3v) is 4.36. The summed E-state index contributed by atoms with van der Waals surface area (Å²) in [6.45, 7) is 4.16. The van der Waals surface area contributed by atoms with E-state index in [0.717, 1.165) is 48.0 Å². The van der Waals surface area contributed by atoms with Crippen LogP contribution in [0.5, 0.6) is 0 Å². The van der Waals surface area contributed by atoms with Gasteiger partial charge in [-0.15, -0.1) is 0 Å². The minimum absolute atomic E-state index is 0.255. The fraction of sp³-hybridized carbons (Fsp3) is 0.471. The van der Waals surface area contributed by atoms with Crippen molar-refractivity contribution in [2.24, 2.45) is 7.05 Å². The zero-order valence-corrected chi connectivity index (χ0v) is 13.1. The minimum atomic E-state index is -0.884. The maximum atomic E-state index is 11.6. The van der Waals surface area contributed by atoms with E-state index < -0.39 is 5.97 Å². The number of carbonyl (C=O) groups is 1. The number of aromatic nitrogens is 1. The number of rotatable bonds is 5. The molecule has 0 aliphatic carbocycles. The molecule has 5 heteroatoms. The summed E-state index contributed by atoms with van der Waals surface area (Å²) >= 11 is 0. The van der Waals surface area contributed by atoms with Crippen molar-refractivity contribution >= 4 is 16.9 Å². The van der Waals surface area contributed by atoms with Crippen molar-refractivity contribution in [3.8, 4) is 0 Å². The maximum Gasteiger partial charge on any atom is 0.352 e. The maximum absolute atomic E-state index is 11.6. The fourth-order valence-electron chi connectivity index (χ4n) is 3.24. The molecule has 1 atom stereocenters. The van der Waals surface area contributed by atoms with E-state index in [2.05, 4.69) is 5.32 Å². The Bertz CT molecular complexity index is 699. The van der Waals surface area contributed by atoms with E-state index in [4.69, 9.17) is 4.74 Å². The number of benzene rings is 1. The lowest BCUT2D eigenvalue weighted by atomic mass is 10.1. The highest BCUT2D eigenvalue weighted by molar-refractivity contribution is 5.98. The van der Waals surface area contributed by atoms with Crippen LogP contribution in [0.1, 0.15) is 34.5 Å². The minimum Gasteiger partial charge on any atom is -0.477 e. The first-order valence-corrected chi connectivity index (χ1v) is 7.71. The molecule has 1 aliphatic heterocycles. The molecule has 1 aromatic heterocycles. The molecule has 3 rings (SSSR count). The summed E-state index contributed by atoms with van der Waals surface area (Å²) in [6.07, 6.45) is 2.44. The van der Waals surface area contributed by atoms with Crippen molar-refractivity contribution in [2.75, 3.05) is 13.2 Å². The van der Waals surface area contributed by atoms with Crippen molar-refractivity contribution in [1.82, 2.24) is 9.88 Å². The van der Waals surface area contributed by atoms with Gasteiger partial charge in [-0.1, -0.05) is 12.1 Å². The number of fused-ring (bicyclic) bond motifs is 1. The smallest absolute Gasteiger partial charge is 0.352 e. The van der Waals surface area contributed by atoms with E-state index in [1.54, 1.807) is 4.57 Å². The highest BCUT2D eigenvalue weighted by Gasteiger charge is 2.21. The van der Waals surface area contributed by atoms with E-state index in [9.17, 15) is 9.90 Å². The van der Waals surface area contributed by atoms with Crippen LogP contribution in [0.2, 0.25) is 0 Å². The Morgan fingerprint density at radius 3 is 3.00 bits per heavy atom. The molecule has 0 bridgehead atoms. The Labute approximate surface area is 129 Å². The van der Waals surface area contributed by atoms with Crippen molar-refractivity contribution in [3.05, 3.63) is 35.0 Å². The molecule has 0 saturated carbocycles. The lowest BCUT2D eigenvalue weighted by Gasteiger charge is -2.11. The van der Waals surface area contributed by atoms with E-state index in [0.29, 0.717) is 12.2 Å². The summed E-state index contributed by atoms with van der Waals surface area (Å²) in [7, 11) is 1.81. The predicted octanol–water partition coefficient (Wildman–Crippen LogP) is 2.45. The second-order valence-electron chi connectivity index (χ2n) is 5.98. The van der Waals surface area contributed by atoms with Crippen LogP contribution in [0, 0.1) is 6.92 Å². The van der Waals surface area contributed by atoms with Crippen molar-refractivity contribution in [3.63, 3.8) is 0 Å². The van der Waals surface area contributed by atoms with E-state index >= 15 is 0 Å². The van der Waals surface area contributed by atoms with Crippen LogP contribution >= 0.6 is 0 Å². The number of carboxylic acids is 1. The molecule has 1 aliphatic rings. The Balaban J connectivity index is 1.89. The summed E-state index contributed by atoms with van der Waals surface area (Å²) in [5, 5.41) is 13.9. The van der Waals surface area contributed by atoms with Crippen LogP contribution in [0.4, 0.5) is 0 Å². The second kappa shape index (κ2) is 6.10. The van der Waals surface area contributed by atoms with Crippen LogP contribution in [-0.2, 0) is 18.3 Å². The Kier molecular flexibility index (Phi) is 4.18. The normalized spacial score (nSPS) is 18.2. The van der Waals surface area contributed by atoms with Gasteiger partial charge in [0.05, 0.1) is 6.10 Å². The Hall–Kier alpha value is -1.85. The first-order chi connectivity index (χ1) is 10.6. The largest absolute Gasteiger partial charge is 0.477 e. The zero-order valence-electron chi connectivity index (χ0n) is 13.1. The molecule has 2 N–H and O–H groups in total. The quantitative estimate of drug-likeness (QED) is 0.890. The SMILES string of the molecule is Cc1ccc2c(CNCC3CCCO3)c(C(=O)O)n(C)c2c1. The number of hydrogen-bond acceptors (Lipinski definition) is 3. The molecule has 1 fully saturated rings. The van der Waals surface area contributed by atoms with Crippen LogP contribution < -0.4 is 5.32 Å². The molecule has 0 radical (unpaired) electrons. The average Bonchev–Trinajstić information content (AvgIpc) is 3.07. The number of aromatic carboxylic acids is 1. The molecule has 2 heterocycles. The summed E-state index contributed by atoms with van der Waals surface area (Å²) < 4.78 is 7.36. The van der Waals surface area contributed by atoms with E-state index in [1.807, 2.05) is 32.2 Å². The van der Waals surface area contributed by atoms with Gasteiger partial charge < -0.3 is 19.7 Å². The molecule has 2 aromatic rings. The average molecular weight is 302 g/mol. The lowest BCUT2D eigenvalue weighted by Crippen LogP contribution is -2.26. The van der Waals surface area contributed by atoms with Gasteiger partial charge in [0.2, 0.25) is 0 Å². The Morgan fingerprint density at radius 1 is 1.50 bits per heavy atom. The van der Waals surface area contributed by atoms with E-state index in [1.165, 1.54) is 0 Å². The molecule has 0 spiro atoms. The zero-order chi connectivity index (χ0) is 15.7. The second-order valence-corrected chi connectivity index (χ2v) is 5.98. The Morgan fingerprint density at radius 2 is 2.32 bits per heavy atom. The molecule has 1 aromatic carbocycles. The number of aryl methyl sites for hydroxylation is 2. The first-order valence-electron chi connectivity index (χ1n) is 7.71. The standard InChI is InChI=1S/C17H22N2O3/c1-11-5-6-13-14(10-18-9-12-4-3-7-22-12)16(17(20)21)19(2)15(13)8-11/h5-6,8,12,18H,3-4,7,9-10H2,1-2H3,(H,20,21). The van der Waals surface area contributed by atoms with Gasteiger partial charge in [-0.25, -0.2) is 4.79 Å².